The van der Waals surface area contributed by atoms with Crippen LogP contribution in [0.3, 0.4) is 0 Å². The van der Waals surface area contributed by atoms with Gasteiger partial charge in [0.25, 0.3) is 5.91 Å². The fraction of sp³-hybridized carbons (Fsp3) is 0. The molecule has 0 aliphatic rings. The molecule has 0 bridgehead atoms. The molecule has 2 N–H and O–H groups in total. The lowest BCUT2D eigenvalue weighted by atomic mass is 10.2. The average Bonchev–Trinajstić information content (AvgIpc) is 2.59. The molecule has 0 aliphatic carbocycles. The number of anilines is 3. The number of rotatable bonds is 4. The lowest BCUT2D eigenvalue weighted by Crippen LogP contribution is -2.14. The van der Waals surface area contributed by atoms with E-state index in [9.17, 15) is 4.79 Å². The first-order chi connectivity index (χ1) is 12.0. The van der Waals surface area contributed by atoms with Crippen LogP contribution in [0, 0.1) is 0 Å². The second kappa shape index (κ2) is 7.87. The van der Waals surface area contributed by atoms with Crippen LogP contribution >= 0.6 is 39.1 Å². The van der Waals surface area contributed by atoms with Crippen molar-refractivity contribution in [1.29, 1.82) is 0 Å². The molecule has 0 radical (unpaired) electrons. The van der Waals surface area contributed by atoms with E-state index in [4.69, 9.17) is 23.2 Å². The maximum atomic E-state index is 12.6. The maximum Gasteiger partial charge on any atom is 0.259 e. The number of nitrogens with zero attached hydrogens (tertiary/aromatic N) is 1. The highest BCUT2D eigenvalue weighted by atomic mass is 79.9. The van der Waals surface area contributed by atoms with Gasteiger partial charge in [-0.25, -0.2) is 4.98 Å². The van der Waals surface area contributed by atoms with E-state index in [1.807, 2.05) is 24.3 Å². The van der Waals surface area contributed by atoms with E-state index in [0.29, 0.717) is 27.1 Å². The van der Waals surface area contributed by atoms with E-state index in [1.54, 1.807) is 36.5 Å². The minimum atomic E-state index is -0.302. The van der Waals surface area contributed by atoms with E-state index in [2.05, 4.69) is 31.5 Å². The lowest BCUT2D eigenvalue weighted by molar-refractivity contribution is 0.102. The van der Waals surface area contributed by atoms with Crippen molar-refractivity contribution in [2.75, 3.05) is 10.6 Å². The summed E-state index contributed by atoms with van der Waals surface area (Å²) in [7, 11) is 0. The summed E-state index contributed by atoms with van der Waals surface area (Å²) in [4.78, 5) is 16.9. The first-order valence-corrected chi connectivity index (χ1v) is 8.82. The Morgan fingerprint density at radius 2 is 1.80 bits per heavy atom. The molecular weight excluding hydrogens is 425 g/mol. The molecule has 7 heteroatoms. The standard InChI is InChI=1S/C18H12BrCl2N3O/c19-11-3-1-4-12(9-11)23-17-14(5-2-8-22-17)18(25)24-13-6-7-15(20)16(21)10-13/h1-10H,(H,22,23)(H,24,25). The molecule has 2 aromatic carbocycles. The lowest BCUT2D eigenvalue weighted by Gasteiger charge is -2.12. The van der Waals surface area contributed by atoms with Crippen LogP contribution in [0.15, 0.2) is 65.3 Å². The van der Waals surface area contributed by atoms with Gasteiger partial charge in [0.05, 0.1) is 15.6 Å². The Morgan fingerprint density at radius 1 is 0.960 bits per heavy atom. The summed E-state index contributed by atoms with van der Waals surface area (Å²) in [5.41, 5.74) is 1.78. The smallest absolute Gasteiger partial charge is 0.259 e. The Balaban J connectivity index is 1.84. The molecule has 126 valence electrons. The van der Waals surface area contributed by atoms with Crippen LogP contribution in [0.25, 0.3) is 0 Å². The van der Waals surface area contributed by atoms with Crippen LogP contribution in [0.2, 0.25) is 10.0 Å². The number of aromatic nitrogens is 1. The van der Waals surface area contributed by atoms with Crippen LogP contribution in [0.4, 0.5) is 17.2 Å². The number of amides is 1. The number of carbonyl (C=O) groups is 1. The minimum Gasteiger partial charge on any atom is -0.340 e. The van der Waals surface area contributed by atoms with Gasteiger partial charge in [0.1, 0.15) is 5.82 Å². The molecule has 0 saturated carbocycles. The Kier molecular flexibility index (Phi) is 5.58. The third-order valence-corrected chi connectivity index (χ3v) is 4.55. The SMILES string of the molecule is O=C(Nc1ccc(Cl)c(Cl)c1)c1cccnc1Nc1cccc(Br)c1. The Labute approximate surface area is 163 Å². The fourth-order valence-electron chi connectivity index (χ4n) is 2.16. The number of carbonyl (C=O) groups excluding carboxylic acids is 1. The molecule has 1 heterocycles. The number of nitrogens with one attached hydrogen (secondary N) is 2. The van der Waals surface area contributed by atoms with Gasteiger partial charge in [-0.05, 0) is 48.5 Å². The maximum absolute atomic E-state index is 12.6. The molecule has 0 fully saturated rings. The number of pyridine rings is 1. The van der Waals surface area contributed by atoms with Gasteiger partial charge in [0.2, 0.25) is 0 Å². The van der Waals surface area contributed by atoms with Gasteiger partial charge in [0.15, 0.2) is 0 Å². The minimum absolute atomic E-state index is 0.302. The quantitative estimate of drug-likeness (QED) is 0.515. The van der Waals surface area contributed by atoms with Crippen molar-refractivity contribution in [2.24, 2.45) is 0 Å². The van der Waals surface area contributed by atoms with Crippen LogP contribution in [-0.2, 0) is 0 Å². The number of benzene rings is 2. The molecule has 3 rings (SSSR count). The first-order valence-electron chi connectivity index (χ1n) is 7.27. The Morgan fingerprint density at radius 3 is 2.56 bits per heavy atom. The van der Waals surface area contributed by atoms with Gasteiger partial charge in [-0.15, -0.1) is 0 Å². The van der Waals surface area contributed by atoms with Crippen molar-refractivity contribution >= 4 is 62.2 Å². The van der Waals surface area contributed by atoms with Crippen molar-refractivity contribution in [3.63, 3.8) is 0 Å². The monoisotopic (exact) mass is 435 g/mol. The van der Waals surface area contributed by atoms with E-state index >= 15 is 0 Å². The normalized spacial score (nSPS) is 10.4. The second-order valence-corrected chi connectivity index (χ2v) is 6.85. The highest BCUT2D eigenvalue weighted by molar-refractivity contribution is 9.10. The summed E-state index contributed by atoms with van der Waals surface area (Å²) < 4.78 is 0.926. The zero-order valence-electron chi connectivity index (χ0n) is 12.8. The fourth-order valence-corrected chi connectivity index (χ4v) is 2.86. The molecule has 0 unspecified atom stereocenters. The van der Waals surface area contributed by atoms with Gasteiger partial charge in [-0.3, -0.25) is 4.79 Å². The van der Waals surface area contributed by atoms with Crippen LogP contribution in [-0.4, -0.2) is 10.9 Å². The topological polar surface area (TPSA) is 54.0 Å². The molecule has 1 aromatic heterocycles. The third kappa shape index (κ3) is 4.51. The number of hydrogen-bond acceptors (Lipinski definition) is 3. The number of hydrogen-bond donors (Lipinski definition) is 2. The van der Waals surface area contributed by atoms with Crippen molar-refractivity contribution in [1.82, 2.24) is 4.98 Å². The summed E-state index contributed by atoms with van der Waals surface area (Å²) in [5, 5.41) is 6.75. The van der Waals surface area contributed by atoms with Crippen molar-refractivity contribution < 1.29 is 4.79 Å². The van der Waals surface area contributed by atoms with Gasteiger partial charge >= 0.3 is 0 Å². The summed E-state index contributed by atoms with van der Waals surface area (Å²) in [6, 6.07) is 15.9. The summed E-state index contributed by atoms with van der Waals surface area (Å²) in [5.74, 6) is 0.155. The molecule has 3 aromatic rings. The Bertz CT molecular complexity index is 934. The van der Waals surface area contributed by atoms with Gasteiger partial charge in [-0.1, -0.05) is 45.2 Å². The predicted octanol–water partition coefficient (Wildman–Crippen LogP) is 6.15. The number of halogens is 3. The van der Waals surface area contributed by atoms with E-state index in [-0.39, 0.29) is 5.91 Å². The third-order valence-electron chi connectivity index (χ3n) is 3.32. The molecule has 4 nitrogen and oxygen atoms in total. The summed E-state index contributed by atoms with van der Waals surface area (Å²) in [6.45, 7) is 0. The van der Waals surface area contributed by atoms with Crippen LogP contribution in [0.1, 0.15) is 10.4 Å². The summed E-state index contributed by atoms with van der Waals surface area (Å²) >= 11 is 15.3. The molecule has 25 heavy (non-hydrogen) atoms. The van der Waals surface area contributed by atoms with Crippen molar-refractivity contribution in [3.05, 3.63) is 80.9 Å². The highest BCUT2D eigenvalue weighted by Gasteiger charge is 2.13. The van der Waals surface area contributed by atoms with E-state index < -0.39 is 0 Å². The van der Waals surface area contributed by atoms with E-state index in [1.165, 1.54) is 0 Å². The molecule has 0 aliphatic heterocycles. The predicted molar refractivity (Wildman–Crippen MR) is 106 cm³/mol. The van der Waals surface area contributed by atoms with Crippen LogP contribution in [0.5, 0.6) is 0 Å². The van der Waals surface area contributed by atoms with Crippen LogP contribution < -0.4 is 10.6 Å². The molecule has 0 saturated heterocycles. The van der Waals surface area contributed by atoms with E-state index in [0.717, 1.165) is 10.2 Å². The Hall–Kier alpha value is -2.08. The molecule has 0 atom stereocenters. The summed E-state index contributed by atoms with van der Waals surface area (Å²) in [6.07, 6.45) is 1.62. The zero-order valence-corrected chi connectivity index (χ0v) is 15.9. The zero-order chi connectivity index (χ0) is 17.8. The van der Waals surface area contributed by atoms with Gasteiger partial charge in [-0.2, -0.15) is 0 Å². The molecule has 0 spiro atoms. The van der Waals surface area contributed by atoms with Crippen molar-refractivity contribution in [3.8, 4) is 0 Å². The van der Waals surface area contributed by atoms with Gasteiger partial charge < -0.3 is 10.6 Å². The highest BCUT2D eigenvalue weighted by Crippen LogP contribution is 2.26. The largest absolute Gasteiger partial charge is 0.340 e. The average molecular weight is 437 g/mol. The molecule has 1 amide bonds. The second-order valence-electron chi connectivity index (χ2n) is 5.12. The van der Waals surface area contributed by atoms with Crippen molar-refractivity contribution in [2.45, 2.75) is 0 Å². The molecular formula is C18H12BrCl2N3O. The van der Waals surface area contributed by atoms with Gasteiger partial charge in [0, 0.05) is 22.0 Å². The first kappa shape index (κ1) is 17.7.